The van der Waals surface area contributed by atoms with Crippen LogP contribution in [-0.2, 0) is 9.59 Å². The first kappa shape index (κ1) is 17.6. The number of carbonyl (C=O) groups excluding carboxylic acids is 2. The van der Waals surface area contributed by atoms with E-state index in [1.54, 1.807) is 6.33 Å². The van der Waals surface area contributed by atoms with Gasteiger partial charge in [-0.15, -0.1) is 0 Å². The zero-order chi connectivity index (χ0) is 18.8. The number of hydrogen-bond donors (Lipinski definition) is 1. The van der Waals surface area contributed by atoms with Gasteiger partial charge in [0.15, 0.2) is 5.78 Å². The maximum Gasteiger partial charge on any atom is 0.248 e. The number of fused-ring (bicyclic) bond motifs is 2. The Morgan fingerprint density at radius 2 is 2.00 bits per heavy atom. The van der Waals surface area contributed by atoms with E-state index in [0.717, 1.165) is 29.2 Å². The average Bonchev–Trinajstić information content (AvgIpc) is 3.10. The van der Waals surface area contributed by atoms with Gasteiger partial charge in [0.05, 0.1) is 5.52 Å². The monoisotopic (exact) mass is 364 g/mol. The fraction of sp³-hybridized carbons (Fsp3) is 0.429. The Labute approximate surface area is 158 Å². The molecule has 2 unspecified atom stereocenters. The van der Waals surface area contributed by atoms with Crippen molar-refractivity contribution >= 4 is 34.1 Å². The fourth-order valence-corrected chi connectivity index (χ4v) is 4.40. The summed E-state index contributed by atoms with van der Waals surface area (Å²) in [5.74, 6) is 1.25. The molecule has 0 spiro atoms. The van der Waals surface area contributed by atoms with Crippen LogP contribution in [0.25, 0.3) is 10.9 Å². The van der Waals surface area contributed by atoms with E-state index in [0.29, 0.717) is 11.7 Å². The van der Waals surface area contributed by atoms with Gasteiger partial charge in [0.25, 0.3) is 0 Å². The first-order chi connectivity index (χ1) is 13.1. The Morgan fingerprint density at radius 3 is 2.85 bits per heavy atom. The quantitative estimate of drug-likeness (QED) is 0.841. The molecule has 1 amide bonds. The molecule has 1 saturated heterocycles. The summed E-state index contributed by atoms with van der Waals surface area (Å²) >= 11 is 0. The van der Waals surface area contributed by atoms with Gasteiger partial charge < -0.3 is 10.2 Å². The summed E-state index contributed by atoms with van der Waals surface area (Å²) in [5, 5.41) is 3.77. The normalized spacial score (nSPS) is 22.2. The minimum atomic E-state index is -0.323. The van der Waals surface area contributed by atoms with Gasteiger partial charge >= 0.3 is 0 Å². The number of hydrogen-bond acceptors (Lipinski definition) is 5. The van der Waals surface area contributed by atoms with Crippen LogP contribution in [0.2, 0.25) is 0 Å². The number of rotatable bonds is 4. The minimum absolute atomic E-state index is 0.157. The fourth-order valence-electron chi connectivity index (χ4n) is 4.40. The predicted octanol–water partition coefficient (Wildman–Crippen LogP) is 3.48. The average molecular weight is 364 g/mol. The predicted molar refractivity (Wildman–Crippen MR) is 106 cm³/mol. The van der Waals surface area contributed by atoms with Crippen LogP contribution in [0.3, 0.4) is 0 Å². The molecule has 2 atom stereocenters. The molecule has 27 heavy (non-hydrogen) atoms. The Bertz CT molecular complexity index is 908. The molecule has 140 valence electrons. The topological polar surface area (TPSA) is 75.2 Å². The molecule has 1 aliphatic heterocycles. The molecule has 1 aromatic carbocycles. The van der Waals surface area contributed by atoms with E-state index in [1.807, 2.05) is 18.2 Å². The van der Waals surface area contributed by atoms with Gasteiger partial charge in [0, 0.05) is 29.7 Å². The number of amides is 1. The van der Waals surface area contributed by atoms with E-state index in [4.69, 9.17) is 0 Å². The van der Waals surface area contributed by atoms with Crippen LogP contribution >= 0.6 is 0 Å². The van der Waals surface area contributed by atoms with Crippen molar-refractivity contribution in [2.45, 2.75) is 45.1 Å². The Kier molecular flexibility index (Phi) is 4.88. The zero-order valence-corrected chi connectivity index (χ0v) is 15.5. The molecule has 6 nitrogen and oxygen atoms in total. The lowest BCUT2D eigenvalue weighted by Gasteiger charge is -2.32. The third-order valence-corrected chi connectivity index (χ3v) is 5.63. The second kappa shape index (κ2) is 7.47. The van der Waals surface area contributed by atoms with Crippen molar-refractivity contribution in [3.8, 4) is 0 Å². The van der Waals surface area contributed by atoms with E-state index in [2.05, 4.69) is 20.2 Å². The highest BCUT2D eigenvalue weighted by Gasteiger charge is 2.36. The Morgan fingerprint density at radius 1 is 1.15 bits per heavy atom. The molecule has 1 N–H and O–H groups in total. The lowest BCUT2D eigenvalue weighted by molar-refractivity contribution is -0.114. The third-order valence-electron chi connectivity index (χ3n) is 5.63. The molecular formula is C21H24N4O2. The Hall–Kier alpha value is -2.76. The second-order valence-electron chi connectivity index (χ2n) is 7.46. The van der Waals surface area contributed by atoms with Gasteiger partial charge in [0.2, 0.25) is 5.91 Å². The lowest BCUT2D eigenvalue weighted by atomic mass is 9.85. The van der Waals surface area contributed by atoms with E-state index in [-0.39, 0.29) is 11.7 Å². The number of nitrogens with zero attached hydrogens (tertiary/aromatic N) is 3. The lowest BCUT2D eigenvalue weighted by Crippen LogP contribution is -2.35. The first-order valence-electron chi connectivity index (χ1n) is 9.63. The van der Waals surface area contributed by atoms with Gasteiger partial charge in [-0.05, 0) is 56.4 Å². The van der Waals surface area contributed by atoms with Crippen molar-refractivity contribution in [2.24, 2.45) is 5.92 Å². The van der Waals surface area contributed by atoms with Crippen molar-refractivity contribution in [3.63, 3.8) is 0 Å². The number of carbonyl (C=O) groups is 2. The van der Waals surface area contributed by atoms with Gasteiger partial charge in [-0.25, -0.2) is 9.97 Å². The van der Waals surface area contributed by atoms with Gasteiger partial charge in [-0.1, -0.05) is 12.8 Å². The van der Waals surface area contributed by atoms with Gasteiger partial charge in [-0.3, -0.25) is 9.59 Å². The highest BCUT2D eigenvalue weighted by atomic mass is 16.1. The van der Waals surface area contributed by atoms with Crippen LogP contribution in [0.5, 0.6) is 0 Å². The number of ketones is 1. The standard InChI is InChI=1S/C21H24N4O2/c1-14(26)6-9-20(27)24-16-7-8-18-17(12-16)21(23-13-22-18)25-11-10-15-4-2-3-5-19(15)25/h6-9,12-13,15,19H,2-5,10-11H2,1H3,(H,24,27). The molecule has 0 bridgehead atoms. The van der Waals surface area contributed by atoms with Gasteiger partial charge in [-0.2, -0.15) is 0 Å². The summed E-state index contributed by atoms with van der Waals surface area (Å²) in [4.78, 5) is 34.4. The van der Waals surface area contributed by atoms with Crippen molar-refractivity contribution in [1.82, 2.24) is 9.97 Å². The smallest absolute Gasteiger partial charge is 0.248 e. The number of nitrogens with one attached hydrogen (secondary N) is 1. The number of allylic oxidation sites excluding steroid dienone is 1. The van der Waals surface area contributed by atoms with E-state index >= 15 is 0 Å². The van der Waals surface area contributed by atoms with E-state index < -0.39 is 0 Å². The summed E-state index contributed by atoms with van der Waals surface area (Å²) in [6.07, 6.45) is 10.5. The molecule has 1 aromatic heterocycles. The summed E-state index contributed by atoms with van der Waals surface area (Å²) < 4.78 is 0. The molecular weight excluding hydrogens is 340 g/mol. The van der Waals surface area contributed by atoms with E-state index in [1.165, 1.54) is 51.2 Å². The molecule has 2 aromatic rings. The number of anilines is 2. The summed E-state index contributed by atoms with van der Waals surface area (Å²) in [6, 6.07) is 6.22. The maximum absolute atomic E-state index is 12.0. The van der Waals surface area contributed by atoms with Crippen molar-refractivity contribution in [2.75, 3.05) is 16.8 Å². The van der Waals surface area contributed by atoms with Crippen molar-refractivity contribution in [3.05, 3.63) is 36.7 Å². The number of aromatic nitrogens is 2. The first-order valence-corrected chi connectivity index (χ1v) is 9.63. The summed E-state index contributed by atoms with van der Waals surface area (Å²) in [6.45, 7) is 2.44. The highest BCUT2D eigenvalue weighted by Crippen LogP contribution is 2.40. The van der Waals surface area contributed by atoms with Crippen LogP contribution in [0.1, 0.15) is 39.0 Å². The summed E-state index contributed by atoms with van der Waals surface area (Å²) in [5.41, 5.74) is 1.55. The number of benzene rings is 1. The zero-order valence-electron chi connectivity index (χ0n) is 15.5. The molecule has 6 heteroatoms. The van der Waals surface area contributed by atoms with E-state index in [9.17, 15) is 9.59 Å². The van der Waals surface area contributed by atoms with Gasteiger partial charge in [0.1, 0.15) is 12.1 Å². The maximum atomic E-state index is 12.0. The van der Waals surface area contributed by atoms with Crippen LogP contribution < -0.4 is 10.2 Å². The highest BCUT2D eigenvalue weighted by molar-refractivity contribution is 6.04. The third kappa shape index (κ3) is 3.70. The minimum Gasteiger partial charge on any atom is -0.353 e. The van der Waals surface area contributed by atoms with Crippen LogP contribution in [0, 0.1) is 5.92 Å². The Balaban J connectivity index is 1.64. The van der Waals surface area contributed by atoms with Crippen LogP contribution in [0.15, 0.2) is 36.7 Å². The van der Waals surface area contributed by atoms with Crippen LogP contribution in [-0.4, -0.2) is 34.2 Å². The molecule has 0 radical (unpaired) electrons. The molecule has 2 fully saturated rings. The summed E-state index contributed by atoms with van der Waals surface area (Å²) in [7, 11) is 0. The second-order valence-corrected chi connectivity index (χ2v) is 7.46. The largest absolute Gasteiger partial charge is 0.353 e. The molecule has 2 heterocycles. The molecule has 4 rings (SSSR count). The molecule has 1 aliphatic carbocycles. The SMILES string of the molecule is CC(=O)C=CC(=O)Nc1ccc2ncnc(N3CCC4CCCCC43)c2c1. The van der Waals surface area contributed by atoms with Crippen molar-refractivity contribution < 1.29 is 9.59 Å². The van der Waals surface area contributed by atoms with Crippen LogP contribution in [0.4, 0.5) is 11.5 Å². The molecule has 1 saturated carbocycles. The molecule has 2 aliphatic rings. The van der Waals surface area contributed by atoms with Crippen molar-refractivity contribution in [1.29, 1.82) is 0 Å².